The maximum absolute atomic E-state index is 11.1. The van der Waals surface area contributed by atoms with E-state index in [0.29, 0.717) is 6.54 Å². The van der Waals surface area contributed by atoms with Crippen molar-refractivity contribution in [2.75, 3.05) is 20.1 Å². The Morgan fingerprint density at radius 2 is 2.00 bits per heavy atom. The van der Waals surface area contributed by atoms with Crippen molar-refractivity contribution in [2.45, 2.75) is 25.5 Å². The van der Waals surface area contributed by atoms with Gasteiger partial charge in [0.1, 0.15) is 0 Å². The molecule has 0 aliphatic heterocycles. The van der Waals surface area contributed by atoms with E-state index in [1.54, 1.807) is 6.92 Å². The van der Waals surface area contributed by atoms with Crippen molar-refractivity contribution < 1.29 is 8.42 Å². The number of sulfonamides is 1. The first-order valence-corrected chi connectivity index (χ1v) is 5.72. The Hall–Kier alpha value is -0.130. The molecular weight excluding hydrogens is 176 g/mol. The maximum atomic E-state index is 11.1. The molecular formula is C7H18N2O2S. The van der Waals surface area contributed by atoms with Crippen LogP contribution in [0, 0.1) is 0 Å². The third-order valence-corrected chi connectivity index (χ3v) is 3.47. The third-order valence-electron chi connectivity index (χ3n) is 1.67. The van der Waals surface area contributed by atoms with Gasteiger partial charge in [-0.2, -0.15) is 0 Å². The third kappa shape index (κ3) is 4.04. The molecule has 0 bridgehead atoms. The summed E-state index contributed by atoms with van der Waals surface area (Å²) in [6, 6.07) is 0. The summed E-state index contributed by atoms with van der Waals surface area (Å²) in [5.41, 5.74) is 0. The number of rotatable bonds is 6. The number of hydrogen-bond donors (Lipinski definition) is 2. The van der Waals surface area contributed by atoms with Crippen LogP contribution in [0.4, 0.5) is 0 Å². The summed E-state index contributed by atoms with van der Waals surface area (Å²) < 4.78 is 24.6. The van der Waals surface area contributed by atoms with Gasteiger partial charge in [0.25, 0.3) is 0 Å². The SMILES string of the molecule is CCCNCC(C)S(=O)(=O)NC. The molecule has 4 nitrogen and oxygen atoms in total. The van der Waals surface area contributed by atoms with Crippen molar-refractivity contribution in [3.63, 3.8) is 0 Å². The first kappa shape index (κ1) is 11.9. The van der Waals surface area contributed by atoms with Crippen molar-refractivity contribution in [3.05, 3.63) is 0 Å². The zero-order chi connectivity index (χ0) is 9.61. The Kier molecular flexibility index (Phi) is 5.44. The fraction of sp³-hybridized carbons (Fsp3) is 1.00. The molecule has 0 aromatic heterocycles. The van der Waals surface area contributed by atoms with E-state index < -0.39 is 10.0 Å². The molecule has 0 aliphatic rings. The predicted molar refractivity (Wildman–Crippen MR) is 50.6 cm³/mol. The summed E-state index contributed by atoms with van der Waals surface area (Å²) in [5.74, 6) is 0. The van der Waals surface area contributed by atoms with Gasteiger partial charge in [0.15, 0.2) is 0 Å². The average molecular weight is 194 g/mol. The molecule has 2 N–H and O–H groups in total. The lowest BCUT2D eigenvalue weighted by atomic mass is 10.4. The van der Waals surface area contributed by atoms with Crippen LogP contribution in [0.25, 0.3) is 0 Å². The van der Waals surface area contributed by atoms with Crippen LogP contribution in [-0.4, -0.2) is 33.8 Å². The van der Waals surface area contributed by atoms with Gasteiger partial charge in [-0.15, -0.1) is 0 Å². The molecule has 0 fully saturated rings. The lowest BCUT2D eigenvalue weighted by Gasteiger charge is -2.11. The second-order valence-electron chi connectivity index (χ2n) is 2.76. The molecule has 0 aliphatic carbocycles. The van der Waals surface area contributed by atoms with Crippen LogP contribution < -0.4 is 10.0 Å². The molecule has 5 heteroatoms. The Bertz CT molecular complexity index is 201. The fourth-order valence-electron chi connectivity index (χ4n) is 0.793. The Morgan fingerprint density at radius 1 is 1.42 bits per heavy atom. The predicted octanol–water partition coefficient (Wildman–Crippen LogP) is -0.0763. The summed E-state index contributed by atoms with van der Waals surface area (Å²) in [5, 5.41) is 2.69. The van der Waals surface area contributed by atoms with Crippen molar-refractivity contribution in [3.8, 4) is 0 Å². The topological polar surface area (TPSA) is 58.2 Å². The molecule has 1 unspecified atom stereocenters. The van der Waals surface area contributed by atoms with Crippen molar-refractivity contribution >= 4 is 10.0 Å². The highest BCUT2D eigenvalue weighted by Crippen LogP contribution is 1.94. The van der Waals surface area contributed by atoms with E-state index in [0.717, 1.165) is 13.0 Å². The van der Waals surface area contributed by atoms with Crippen LogP contribution in [0.3, 0.4) is 0 Å². The van der Waals surface area contributed by atoms with Gasteiger partial charge in [-0.3, -0.25) is 0 Å². The highest BCUT2D eigenvalue weighted by molar-refractivity contribution is 7.90. The van der Waals surface area contributed by atoms with Crippen molar-refractivity contribution in [1.29, 1.82) is 0 Å². The van der Waals surface area contributed by atoms with Crippen LogP contribution >= 0.6 is 0 Å². The molecule has 74 valence electrons. The van der Waals surface area contributed by atoms with Gasteiger partial charge in [-0.25, -0.2) is 13.1 Å². The Labute approximate surface area is 74.8 Å². The first-order valence-electron chi connectivity index (χ1n) is 4.17. The minimum atomic E-state index is -3.09. The van der Waals surface area contributed by atoms with Crippen LogP contribution in [0.15, 0.2) is 0 Å². The molecule has 0 spiro atoms. The molecule has 0 saturated heterocycles. The molecule has 0 rings (SSSR count). The Morgan fingerprint density at radius 3 is 2.42 bits per heavy atom. The molecule has 1 atom stereocenters. The minimum Gasteiger partial charge on any atom is -0.315 e. The minimum absolute atomic E-state index is 0.367. The van der Waals surface area contributed by atoms with E-state index >= 15 is 0 Å². The van der Waals surface area contributed by atoms with Crippen LogP contribution in [-0.2, 0) is 10.0 Å². The van der Waals surface area contributed by atoms with Gasteiger partial charge < -0.3 is 5.32 Å². The van der Waals surface area contributed by atoms with Crippen molar-refractivity contribution in [2.24, 2.45) is 0 Å². The molecule has 0 saturated carbocycles. The number of nitrogens with one attached hydrogen (secondary N) is 2. The summed E-state index contributed by atoms with van der Waals surface area (Å²) in [7, 11) is -1.65. The molecule has 0 amide bonds. The fourth-order valence-corrected chi connectivity index (χ4v) is 1.53. The molecule has 0 radical (unpaired) electrons. The van der Waals surface area contributed by atoms with E-state index in [1.807, 2.05) is 6.92 Å². The smallest absolute Gasteiger partial charge is 0.215 e. The van der Waals surface area contributed by atoms with E-state index in [1.165, 1.54) is 7.05 Å². The van der Waals surface area contributed by atoms with Gasteiger partial charge in [0.2, 0.25) is 10.0 Å². The second-order valence-corrected chi connectivity index (χ2v) is 5.07. The van der Waals surface area contributed by atoms with Crippen LogP contribution in [0.5, 0.6) is 0 Å². The van der Waals surface area contributed by atoms with Crippen molar-refractivity contribution in [1.82, 2.24) is 10.0 Å². The summed E-state index contributed by atoms with van der Waals surface area (Å²) in [6.07, 6.45) is 1.02. The largest absolute Gasteiger partial charge is 0.315 e. The van der Waals surface area contributed by atoms with Crippen LogP contribution in [0.2, 0.25) is 0 Å². The first-order chi connectivity index (χ1) is 5.54. The summed E-state index contributed by atoms with van der Waals surface area (Å²) in [6.45, 7) is 5.11. The highest BCUT2D eigenvalue weighted by atomic mass is 32.2. The zero-order valence-electron chi connectivity index (χ0n) is 7.92. The maximum Gasteiger partial charge on any atom is 0.215 e. The Balaban J connectivity index is 3.80. The van der Waals surface area contributed by atoms with Gasteiger partial charge in [-0.1, -0.05) is 6.92 Å². The van der Waals surface area contributed by atoms with Gasteiger partial charge in [-0.05, 0) is 26.9 Å². The van der Waals surface area contributed by atoms with E-state index in [2.05, 4.69) is 10.0 Å². The van der Waals surface area contributed by atoms with Gasteiger partial charge in [0, 0.05) is 6.54 Å². The van der Waals surface area contributed by atoms with Gasteiger partial charge >= 0.3 is 0 Å². The van der Waals surface area contributed by atoms with E-state index in [4.69, 9.17) is 0 Å². The molecule has 0 aromatic carbocycles. The standard InChI is InChI=1S/C7H18N2O2S/c1-4-5-9-6-7(2)12(10,11)8-3/h7-9H,4-6H2,1-3H3. The number of hydrogen-bond acceptors (Lipinski definition) is 3. The molecule has 0 heterocycles. The monoisotopic (exact) mass is 194 g/mol. The normalized spacial score (nSPS) is 14.6. The summed E-state index contributed by atoms with van der Waals surface area (Å²) >= 11 is 0. The van der Waals surface area contributed by atoms with Gasteiger partial charge in [0.05, 0.1) is 5.25 Å². The second kappa shape index (κ2) is 5.50. The zero-order valence-corrected chi connectivity index (χ0v) is 8.74. The van der Waals surface area contributed by atoms with E-state index in [9.17, 15) is 8.42 Å². The van der Waals surface area contributed by atoms with Crippen LogP contribution in [0.1, 0.15) is 20.3 Å². The lowest BCUT2D eigenvalue weighted by molar-refractivity contribution is 0.563. The lowest BCUT2D eigenvalue weighted by Crippen LogP contribution is -2.37. The quantitative estimate of drug-likeness (QED) is 0.582. The molecule has 12 heavy (non-hydrogen) atoms. The molecule has 0 aromatic rings. The highest BCUT2D eigenvalue weighted by Gasteiger charge is 2.16. The average Bonchev–Trinajstić information content (AvgIpc) is 2.05. The summed E-state index contributed by atoms with van der Waals surface area (Å²) in [4.78, 5) is 0. The van der Waals surface area contributed by atoms with E-state index in [-0.39, 0.29) is 5.25 Å².